The molecule has 0 N–H and O–H groups in total. The van der Waals surface area contributed by atoms with E-state index in [1.165, 1.54) is 19.5 Å². The van der Waals surface area contributed by atoms with Crippen LogP contribution in [-0.2, 0) is 4.74 Å². The molecule has 1 saturated heterocycles. The molecule has 5 nitrogen and oxygen atoms in total. The highest BCUT2D eigenvalue weighted by atomic mass is 16.5. The number of aromatic nitrogens is 2. The molecule has 0 spiro atoms. The Morgan fingerprint density at radius 3 is 2.81 bits per heavy atom. The van der Waals surface area contributed by atoms with Gasteiger partial charge in [-0.25, -0.2) is 9.97 Å². The molecule has 0 aromatic carbocycles. The molecule has 86 valence electrons. The molecule has 1 aromatic rings. The number of methoxy groups -OCH3 is 1. The van der Waals surface area contributed by atoms with Crippen LogP contribution in [0.1, 0.15) is 30.3 Å². The fourth-order valence-corrected chi connectivity index (χ4v) is 1.79. The van der Waals surface area contributed by atoms with Gasteiger partial charge in [-0.1, -0.05) is 0 Å². The van der Waals surface area contributed by atoms with Gasteiger partial charge in [0.2, 0.25) is 11.7 Å². The Morgan fingerprint density at radius 2 is 2.19 bits per heavy atom. The summed E-state index contributed by atoms with van der Waals surface area (Å²) in [5, 5.41) is 0. The monoisotopic (exact) mass is 222 g/mol. The number of carbonyl (C=O) groups excluding carboxylic acids is 1. The minimum absolute atomic E-state index is 0.136. The molecule has 1 fully saturated rings. The molecule has 2 atom stereocenters. The summed E-state index contributed by atoms with van der Waals surface area (Å²) in [6.07, 6.45) is 4.35. The SMILES string of the molecule is COc1nccnc1C(=O)C1CCC(C)O1. The minimum atomic E-state index is -0.402. The van der Waals surface area contributed by atoms with E-state index in [0.717, 1.165) is 12.8 Å². The first-order valence-corrected chi connectivity index (χ1v) is 5.27. The Morgan fingerprint density at radius 1 is 1.44 bits per heavy atom. The molecule has 5 heteroatoms. The third-order valence-electron chi connectivity index (χ3n) is 2.62. The summed E-state index contributed by atoms with van der Waals surface area (Å²) >= 11 is 0. The number of rotatable bonds is 3. The first kappa shape index (κ1) is 11.0. The van der Waals surface area contributed by atoms with Crippen LogP contribution in [0.4, 0.5) is 0 Å². The van der Waals surface area contributed by atoms with Gasteiger partial charge in [0.1, 0.15) is 6.10 Å². The van der Waals surface area contributed by atoms with E-state index in [2.05, 4.69) is 9.97 Å². The lowest BCUT2D eigenvalue weighted by Crippen LogP contribution is -2.22. The van der Waals surface area contributed by atoms with Crippen LogP contribution in [0.2, 0.25) is 0 Å². The van der Waals surface area contributed by atoms with Crippen molar-refractivity contribution in [1.82, 2.24) is 9.97 Å². The van der Waals surface area contributed by atoms with Gasteiger partial charge in [-0.05, 0) is 19.8 Å². The molecule has 0 radical (unpaired) electrons. The number of hydrogen-bond donors (Lipinski definition) is 0. The lowest BCUT2D eigenvalue weighted by molar-refractivity contribution is 0.0426. The third-order valence-corrected chi connectivity index (χ3v) is 2.62. The van der Waals surface area contributed by atoms with Crippen molar-refractivity contribution in [3.05, 3.63) is 18.1 Å². The summed E-state index contributed by atoms with van der Waals surface area (Å²) in [6, 6.07) is 0. The topological polar surface area (TPSA) is 61.3 Å². The molecule has 1 aliphatic heterocycles. The molecule has 2 unspecified atom stereocenters. The largest absolute Gasteiger partial charge is 0.479 e. The average Bonchev–Trinajstić information content (AvgIpc) is 2.75. The van der Waals surface area contributed by atoms with Gasteiger partial charge in [-0.2, -0.15) is 0 Å². The lowest BCUT2D eigenvalue weighted by Gasteiger charge is -2.10. The van der Waals surface area contributed by atoms with E-state index < -0.39 is 6.10 Å². The van der Waals surface area contributed by atoms with Crippen molar-refractivity contribution in [1.29, 1.82) is 0 Å². The Kier molecular flexibility index (Phi) is 3.14. The van der Waals surface area contributed by atoms with Crippen molar-refractivity contribution in [2.24, 2.45) is 0 Å². The van der Waals surface area contributed by atoms with Crippen molar-refractivity contribution in [3.63, 3.8) is 0 Å². The highest BCUT2D eigenvalue weighted by molar-refractivity contribution is 5.99. The number of carbonyl (C=O) groups is 1. The number of ether oxygens (including phenoxy) is 2. The summed E-state index contributed by atoms with van der Waals surface area (Å²) in [5.74, 6) is 0.116. The maximum Gasteiger partial charge on any atom is 0.243 e. The van der Waals surface area contributed by atoms with Gasteiger partial charge in [0, 0.05) is 12.4 Å². The zero-order valence-corrected chi connectivity index (χ0v) is 9.34. The van der Waals surface area contributed by atoms with Gasteiger partial charge in [0.15, 0.2) is 5.69 Å². The van der Waals surface area contributed by atoms with E-state index in [1.807, 2.05) is 6.92 Å². The van der Waals surface area contributed by atoms with Gasteiger partial charge in [0.05, 0.1) is 13.2 Å². The van der Waals surface area contributed by atoms with Crippen molar-refractivity contribution in [2.75, 3.05) is 7.11 Å². The number of nitrogens with zero attached hydrogens (tertiary/aromatic N) is 2. The Balaban J connectivity index is 2.20. The molecule has 0 amide bonds. The minimum Gasteiger partial charge on any atom is -0.479 e. The van der Waals surface area contributed by atoms with Crippen LogP contribution >= 0.6 is 0 Å². The number of hydrogen-bond acceptors (Lipinski definition) is 5. The maximum atomic E-state index is 12.1. The average molecular weight is 222 g/mol. The van der Waals surface area contributed by atoms with E-state index in [4.69, 9.17) is 9.47 Å². The summed E-state index contributed by atoms with van der Waals surface area (Å²) in [6.45, 7) is 1.96. The Hall–Kier alpha value is -1.49. The van der Waals surface area contributed by atoms with Crippen molar-refractivity contribution in [3.8, 4) is 5.88 Å². The van der Waals surface area contributed by atoms with Crippen LogP contribution in [0.3, 0.4) is 0 Å². The smallest absolute Gasteiger partial charge is 0.243 e. The van der Waals surface area contributed by atoms with Crippen LogP contribution < -0.4 is 4.74 Å². The summed E-state index contributed by atoms with van der Waals surface area (Å²) in [4.78, 5) is 20.0. The van der Waals surface area contributed by atoms with Gasteiger partial charge in [0.25, 0.3) is 0 Å². The molecule has 2 heterocycles. The van der Waals surface area contributed by atoms with Crippen LogP contribution in [0.15, 0.2) is 12.4 Å². The highest BCUT2D eigenvalue weighted by Crippen LogP contribution is 2.24. The molecular weight excluding hydrogens is 208 g/mol. The number of Topliss-reactive ketones (excluding diaryl/α,β-unsaturated/α-hetero) is 1. The van der Waals surface area contributed by atoms with E-state index >= 15 is 0 Å². The molecule has 1 aromatic heterocycles. The molecule has 0 bridgehead atoms. The zero-order valence-electron chi connectivity index (χ0n) is 9.34. The van der Waals surface area contributed by atoms with Gasteiger partial charge in [-0.3, -0.25) is 4.79 Å². The van der Waals surface area contributed by atoms with E-state index in [0.29, 0.717) is 0 Å². The standard InChI is InChI=1S/C11H14N2O3/c1-7-3-4-8(16-7)10(14)9-11(15-2)13-6-5-12-9/h5-8H,3-4H2,1-2H3. The van der Waals surface area contributed by atoms with Crippen molar-refractivity contribution in [2.45, 2.75) is 32.0 Å². The quantitative estimate of drug-likeness (QED) is 0.720. The van der Waals surface area contributed by atoms with Crippen LogP contribution in [-0.4, -0.2) is 35.1 Å². The molecular formula is C11H14N2O3. The third kappa shape index (κ3) is 2.04. The first-order chi connectivity index (χ1) is 7.72. The molecule has 1 aliphatic rings. The molecule has 0 saturated carbocycles. The van der Waals surface area contributed by atoms with Gasteiger partial charge in [-0.15, -0.1) is 0 Å². The molecule has 0 aliphatic carbocycles. The predicted octanol–water partition coefficient (Wildman–Crippen LogP) is 1.24. The maximum absolute atomic E-state index is 12.1. The lowest BCUT2D eigenvalue weighted by atomic mass is 10.1. The summed E-state index contributed by atoms with van der Waals surface area (Å²) in [5.41, 5.74) is 0.254. The predicted molar refractivity (Wildman–Crippen MR) is 56.5 cm³/mol. The zero-order chi connectivity index (χ0) is 11.5. The fraction of sp³-hybridized carbons (Fsp3) is 0.545. The first-order valence-electron chi connectivity index (χ1n) is 5.27. The Bertz CT molecular complexity index is 395. The van der Waals surface area contributed by atoms with Crippen LogP contribution in [0.5, 0.6) is 5.88 Å². The van der Waals surface area contributed by atoms with E-state index in [9.17, 15) is 4.79 Å². The Labute approximate surface area is 93.8 Å². The fourth-order valence-electron chi connectivity index (χ4n) is 1.79. The van der Waals surface area contributed by atoms with E-state index in [-0.39, 0.29) is 23.5 Å². The normalized spacial score (nSPS) is 24.4. The van der Waals surface area contributed by atoms with Crippen molar-refractivity contribution < 1.29 is 14.3 Å². The second kappa shape index (κ2) is 4.57. The van der Waals surface area contributed by atoms with Gasteiger partial charge < -0.3 is 9.47 Å². The molecule has 2 rings (SSSR count). The number of ketones is 1. The highest BCUT2D eigenvalue weighted by Gasteiger charge is 2.31. The van der Waals surface area contributed by atoms with Crippen LogP contribution in [0.25, 0.3) is 0 Å². The second-order valence-electron chi connectivity index (χ2n) is 3.79. The second-order valence-corrected chi connectivity index (χ2v) is 3.79. The van der Waals surface area contributed by atoms with Crippen LogP contribution in [0, 0.1) is 0 Å². The summed E-state index contributed by atoms with van der Waals surface area (Å²) in [7, 11) is 1.47. The van der Waals surface area contributed by atoms with E-state index in [1.54, 1.807) is 0 Å². The summed E-state index contributed by atoms with van der Waals surface area (Å²) < 4.78 is 10.5. The van der Waals surface area contributed by atoms with Gasteiger partial charge >= 0.3 is 0 Å². The molecule has 16 heavy (non-hydrogen) atoms. The van der Waals surface area contributed by atoms with Crippen molar-refractivity contribution >= 4 is 5.78 Å².